The first-order valence-corrected chi connectivity index (χ1v) is 9.62. The molecule has 5 nitrogen and oxygen atoms in total. The fraction of sp³-hybridized carbons (Fsp3) is 0.800. The quantitative estimate of drug-likeness (QED) is 0.809. The van der Waals surface area contributed by atoms with Gasteiger partial charge in [0.1, 0.15) is 5.82 Å². The summed E-state index contributed by atoms with van der Waals surface area (Å²) in [6.07, 6.45) is 7.02. The molecule has 0 N–H and O–H groups in total. The van der Waals surface area contributed by atoms with Gasteiger partial charge in [0.05, 0.1) is 5.75 Å². The van der Waals surface area contributed by atoms with Gasteiger partial charge in [0.2, 0.25) is 10.0 Å². The SMILES string of the molecule is CCCS(=O)(=O)N1CCC(Cc2ncc(C)n2C2CC2)C1. The lowest BCUT2D eigenvalue weighted by molar-refractivity contribution is 0.449. The molecular weight excluding hydrogens is 286 g/mol. The van der Waals surface area contributed by atoms with E-state index in [9.17, 15) is 8.42 Å². The van der Waals surface area contributed by atoms with E-state index in [-0.39, 0.29) is 5.75 Å². The van der Waals surface area contributed by atoms with Crippen LogP contribution in [0.15, 0.2) is 6.20 Å². The molecule has 1 aromatic rings. The van der Waals surface area contributed by atoms with Crippen molar-refractivity contribution in [3.63, 3.8) is 0 Å². The minimum absolute atomic E-state index is 0.273. The summed E-state index contributed by atoms with van der Waals surface area (Å²) in [5.41, 5.74) is 1.24. The van der Waals surface area contributed by atoms with Crippen molar-refractivity contribution in [2.24, 2.45) is 5.92 Å². The molecule has 2 aliphatic rings. The van der Waals surface area contributed by atoms with Crippen LogP contribution in [0, 0.1) is 12.8 Å². The van der Waals surface area contributed by atoms with Crippen molar-refractivity contribution >= 4 is 10.0 Å². The molecule has 118 valence electrons. The molecule has 2 fully saturated rings. The number of aromatic nitrogens is 2. The van der Waals surface area contributed by atoms with Gasteiger partial charge in [-0.1, -0.05) is 6.92 Å². The molecular formula is C15H25N3O2S. The van der Waals surface area contributed by atoms with Gasteiger partial charge in [0.25, 0.3) is 0 Å². The number of aryl methyl sites for hydroxylation is 1. The lowest BCUT2D eigenvalue weighted by Gasteiger charge is -2.16. The maximum atomic E-state index is 12.1. The Morgan fingerprint density at radius 1 is 1.33 bits per heavy atom. The molecule has 1 aliphatic carbocycles. The van der Waals surface area contributed by atoms with Gasteiger partial charge in [0.15, 0.2) is 0 Å². The molecule has 3 rings (SSSR count). The van der Waals surface area contributed by atoms with E-state index in [0.29, 0.717) is 31.5 Å². The number of nitrogens with zero attached hydrogens (tertiary/aromatic N) is 3. The van der Waals surface area contributed by atoms with Crippen LogP contribution in [0.5, 0.6) is 0 Å². The number of hydrogen-bond donors (Lipinski definition) is 0. The summed E-state index contributed by atoms with van der Waals surface area (Å²) in [4.78, 5) is 4.56. The van der Waals surface area contributed by atoms with Crippen LogP contribution in [0.25, 0.3) is 0 Å². The minimum atomic E-state index is -3.04. The van der Waals surface area contributed by atoms with Gasteiger partial charge in [-0.15, -0.1) is 0 Å². The molecule has 2 heterocycles. The Kier molecular flexibility index (Phi) is 4.10. The summed E-state index contributed by atoms with van der Waals surface area (Å²) in [6, 6.07) is 0.642. The highest BCUT2D eigenvalue weighted by Gasteiger charge is 2.33. The zero-order valence-corrected chi connectivity index (χ0v) is 13.8. The van der Waals surface area contributed by atoms with Crippen molar-refractivity contribution in [1.29, 1.82) is 0 Å². The summed E-state index contributed by atoms with van der Waals surface area (Å²) in [5, 5.41) is 0. The molecule has 1 aromatic heterocycles. The van der Waals surface area contributed by atoms with Crippen LogP contribution >= 0.6 is 0 Å². The summed E-state index contributed by atoms with van der Waals surface area (Å²) in [6.45, 7) is 5.37. The molecule has 0 radical (unpaired) electrons. The molecule has 1 aliphatic heterocycles. The van der Waals surface area contributed by atoms with Crippen LogP contribution in [0.3, 0.4) is 0 Å². The Hall–Kier alpha value is -0.880. The van der Waals surface area contributed by atoms with E-state index >= 15 is 0 Å². The van der Waals surface area contributed by atoms with Gasteiger partial charge in [-0.25, -0.2) is 17.7 Å². The van der Waals surface area contributed by atoms with Gasteiger partial charge < -0.3 is 4.57 Å². The number of imidazole rings is 1. The van der Waals surface area contributed by atoms with Crippen molar-refractivity contribution in [3.05, 3.63) is 17.7 Å². The van der Waals surface area contributed by atoms with Crippen molar-refractivity contribution < 1.29 is 8.42 Å². The largest absolute Gasteiger partial charge is 0.329 e. The van der Waals surface area contributed by atoms with Crippen molar-refractivity contribution in [2.75, 3.05) is 18.8 Å². The molecule has 1 saturated heterocycles. The van der Waals surface area contributed by atoms with E-state index in [0.717, 1.165) is 18.7 Å². The van der Waals surface area contributed by atoms with Gasteiger partial charge in [-0.2, -0.15) is 0 Å². The summed E-state index contributed by atoms with van der Waals surface area (Å²) < 4.78 is 28.3. The van der Waals surface area contributed by atoms with Crippen LogP contribution in [-0.4, -0.2) is 41.1 Å². The smallest absolute Gasteiger partial charge is 0.214 e. The molecule has 1 saturated carbocycles. The molecule has 1 atom stereocenters. The first kappa shape index (κ1) is 15.0. The van der Waals surface area contributed by atoms with E-state index in [4.69, 9.17) is 0 Å². The van der Waals surface area contributed by atoms with E-state index in [1.54, 1.807) is 4.31 Å². The Labute approximate surface area is 127 Å². The summed E-state index contributed by atoms with van der Waals surface area (Å²) in [7, 11) is -3.04. The lowest BCUT2D eigenvalue weighted by Crippen LogP contribution is -2.31. The van der Waals surface area contributed by atoms with E-state index in [1.807, 2.05) is 13.1 Å². The average molecular weight is 311 g/mol. The van der Waals surface area contributed by atoms with Gasteiger partial charge in [-0.05, 0) is 38.5 Å². The molecule has 0 bridgehead atoms. The molecule has 21 heavy (non-hydrogen) atoms. The topological polar surface area (TPSA) is 55.2 Å². The first-order chi connectivity index (χ1) is 10.0. The third kappa shape index (κ3) is 3.16. The summed E-state index contributed by atoms with van der Waals surface area (Å²) in [5.74, 6) is 1.83. The minimum Gasteiger partial charge on any atom is -0.329 e. The third-order valence-corrected chi connectivity index (χ3v) is 6.59. The van der Waals surface area contributed by atoms with Crippen LogP contribution < -0.4 is 0 Å². The van der Waals surface area contributed by atoms with Crippen LogP contribution in [0.2, 0.25) is 0 Å². The molecule has 0 spiro atoms. The maximum Gasteiger partial charge on any atom is 0.214 e. The predicted octanol–water partition coefficient (Wildman–Crippen LogP) is 2.13. The molecule has 6 heteroatoms. The van der Waals surface area contributed by atoms with E-state index in [1.165, 1.54) is 18.5 Å². The Balaban J connectivity index is 1.65. The highest BCUT2D eigenvalue weighted by atomic mass is 32.2. The van der Waals surface area contributed by atoms with Crippen molar-refractivity contribution in [2.45, 2.75) is 52.0 Å². The van der Waals surface area contributed by atoms with E-state index < -0.39 is 10.0 Å². The van der Waals surface area contributed by atoms with Crippen LogP contribution in [-0.2, 0) is 16.4 Å². The third-order valence-electron chi connectivity index (χ3n) is 4.55. The number of sulfonamides is 1. The normalized spacial score (nSPS) is 23.8. The fourth-order valence-electron chi connectivity index (χ4n) is 3.34. The summed E-state index contributed by atoms with van der Waals surface area (Å²) >= 11 is 0. The Morgan fingerprint density at radius 3 is 2.76 bits per heavy atom. The van der Waals surface area contributed by atoms with Crippen molar-refractivity contribution in [1.82, 2.24) is 13.9 Å². The van der Waals surface area contributed by atoms with Crippen LogP contribution in [0.4, 0.5) is 0 Å². The number of hydrogen-bond acceptors (Lipinski definition) is 3. The van der Waals surface area contributed by atoms with Crippen molar-refractivity contribution in [3.8, 4) is 0 Å². The standard InChI is InChI=1S/C15H25N3O2S/c1-3-8-21(19,20)17-7-6-13(11-17)9-15-16-10-12(2)18(15)14-4-5-14/h10,13-14H,3-9,11H2,1-2H3. The number of rotatable bonds is 6. The average Bonchev–Trinajstić information content (AvgIpc) is 3.01. The Bertz CT molecular complexity index is 604. The van der Waals surface area contributed by atoms with Crippen LogP contribution in [0.1, 0.15) is 50.2 Å². The maximum absolute atomic E-state index is 12.1. The Morgan fingerprint density at radius 2 is 2.10 bits per heavy atom. The second-order valence-corrected chi connectivity index (χ2v) is 8.54. The highest BCUT2D eigenvalue weighted by Crippen LogP contribution is 2.37. The van der Waals surface area contributed by atoms with Gasteiger partial charge >= 0.3 is 0 Å². The monoisotopic (exact) mass is 311 g/mol. The van der Waals surface area contributed by atoms with E-state index in [2.05, 4.69) is 16.5 Å². The van der Waals surface area contributed by atoms with Gasteiger partial charge in [0, 0.05) is 37.4 Å². The lowest BCUT2D eigenvalue weighted by atomic mass is 10.0. The molecule has 0 aromatic carbocycles. The second-order valence-electron chi connectivity index (χ2n) is 6.45. The molecule has 0 amide bonds. The fourth-order valence-corrected chi connectivity index (χ4v) is 4.94. The predicted molar refractivity (Wildman–Crippen MR) is 82.7 cm³/mol. The highest BCUT2D eigenvalue weighted by molar-refractivity contribution is 7.89. The zero-order valence-electron chi connectivity index (χ0n) is 13.0. The van der Waals surface area contributed by atoms with Gasteiger partial charge in [-0.3, -0.25) is 0 Å². The second kappa shape index (κ2) is 5.72. The first-order valence-electron chi connectivity index (χ1n) is 8.01. The molecule has 1 unspecified atom stereocenters. The zero-order chi connectivity index (χ0) is 15.0.